The third-order valence-electron chi connectivity index (χ3n) is 4.83. The van der Waals surface area contributed by atoms with Gasteiger partial charge in [-0.1, -0.05) is 0 Å². The van der Waals surface area contributed by atoms with Gasteiger partial charge in [-0.25, -0.2) is 0 Å². The monoisotopic (exact) mass is 276 g/mol. The Morgan fingerprint density at radius 2 is 1.95 bits per heavy atom. The van der Waals surface area contributed by atoms with E-state index in [-0.39, 0.29) is 0 Å². The number of ether oxygens (including phenoxy) is 2. The van der Waals surface area contributed by atoms with Crippen LogP contribution < -0.4 is 15.2 Å². The highest BCUT2D eigenvalue weighted by Crippen LogP contribution is 2.42. The molecule has 0 bridgehead atoms. The number of piperidine rings is 1. The minimum Gasteiger partial charge on any atom is -0.493 e. The Kier molecular flexibility index (Phi) is 3.85. The van der Waals surface area contributed by atoms with E-state index in [1.807, 2.05) is 0 Å². The molecule has 0 amide bonds. The van der Waals surface area contributed by atoms with E-state index >= 15 is 0 Å². The standard InChI is InChI=1S/C16H24N2O2/c1-19-15-8-12-4-6-18-5-3-11(10-17)7-14(18)13(12)9-16(15)20-2/h8-9,11,14H,3-7,10,17H2,1-2H3. The Hall–Kier alpha value is -1.26. The molecule has 4 nitrogen and oxygen atoms in total. The zero-order valence-electron chi connectivity index (χ0n) is 12.4. The van der Waals surface area contributed by atoms with Gasteiger partial charge in [0.2, 0.25) is 0 Å². The number of hydrogen-bond acceptors (Lipinski definition) is 4. The van der Waals surface area contributed by atoms with Crippen LogP contribution in [0.5, 0.6) is 11.5 Å². The van der Waals surface area contributed by atoms with E-state index in [0.717, 1.165) is 31.0 Å². The third kappa shape index (κ3) is 2.27. The Balaban J connectivity index is 1.97. The molecule has 1 aromatic rings. The molecule has 1 fully saturated rings. The van der Waals surface area contributed by atoms with Crippen LogP contribution in [0.15, 0.2) is 12.1 Å². The number of nitrogens with two attached hydrogens (primary N) is 1. The quantitative estimate of drug-likeness (QED) is 0.917. The van der Waals surface area contributed by atoms with Gasteiger partial charge in [0.15, 0.2) is 11.5 Å². The first-order valence-corrected chi connectivity index (χ1v) is 7.45. The van der Waals surface area contributed by atoms with Crippen LogP contribution in [0.4, 0.5) is 0 Å². The summed E-state index contributed by atoms with van der Waals surface area (Å²) in [6.45, 7) is 3.11. The van der Waals surface area contributed by atoms with Gasteiger partial charge in [-0.3, -0.25) is 4.90 Å². The fourth-order valence-corrected chi connectivity index (χ4v) is 3.62. The van der Waals surface area contributed by atoms with Crippen molar-refractivity contribution in [2.24, 2.45) is 11.7 Å². The van der Waals surface area contributed by atoms with E-state index in [9.17, 15) is 0 Å². The van der Waals surface area contributed by atoms with Gasteiger partial charge >= 0.3 is 0 Å². The Morgan fingerprint density at radius 3 is 2.65 bits per heavy atom. The van der Waals surface area contributed by atoms with Crippen LogP contribution in [-0.4, -0.2) is 38.8 Å². The molecule has 0 radical (unpaired) electrons. The summed E-state index contributed by atoms with van der Waals surface area (Å²) in [5.74, 6) is 2.32. The van der Waals surface area contributed by atoms with Crippen molar-refractivity contribution in [3.8, 4) is 11.5 Å². The molecule has 0 aliphatic carbocycles. The molecule has 2 aliphatic heterocycles. The Labute approximate surface area is 120 Å². The summed E-state index contributed by atoms with van der Waals surface area (Å²) >= 11 is 0. The van der Waals surface area contributed by atoms with Crippen LogP contribution in [0.3, 0.4) is 0 Å². The molecule has 0 spiro atoms. The van der Waals surface area contributed by atoms with Crippen molar-refractivity contribution in [1.29, 1.82) is 0 Å². The molecule has 1 saturated heterocycles. The lowest BCUT2D eigenvalue weighted by molar-refractivity contribution is 0.105. The first-order valence-electron chi connectivity index (χ1n) is 7.45. The summed E-state index contributed by atoms with van der Waals surface area (Å²) in [4.78, 5) is 2.60. The van der Waals surface area contributed by atoms with Crippen molar-refractivity contribution >= 4 is 0 Å². The fraction of sp³-hybridized carbons (Fsp3) is 0.625. The first kappa shape index (κ1) is 13.7. The van der Waals surface area contributed by atoms with Gasteiger partial charge in [-0.15, -0.1) is 0 Å². The minimum absolute atomic E-state index is 0.501. The summed E-state index contributed by atoms with van der Waals surface area (Å²) in [6.07, 6.45) is 3.49. The average molecular weight is 276 g/mol. The van der Waals surface area contributed by atoms with Gasteiger partial charge < -0.3 is 15.2 Å². The highest BCUT2D eigenvalue weighted by molar-refractivity contribution is 5.49. The second-order valence-corrected chi connectivity index (χ2v) is 5.83. The van der Waals surface area contributed by atoms with E-state index in [1.54, 1.807) is 14.2 Å². The van der Waals surface area contributed by atoms with E-state index in [1.165, 1.54) is 30.5 Å². The number of methoxy groups -OCH3 is 2. The molecule has 0 saturated carbocycles. The maximum absolute atomic E-state index is 5.88. The second-order valence-electron chi connectivity index (χ2n) is 5.83. The molecule has 4 heteroatoms. The summed E-state index contributed by atoms with van der Waals surface area (Å²) < 4.78 is 10.9. The van der Waals surface area contributed by atoms with Crippen molar-refractivity contribution in [3.05, 3.63) is 23.3 Å². The van der Waals surface area contributed by atoms with E-state index in [2.05, 4.69) is 17.0 Å². The predicted octanol–water partition coefficient (Wildman–Crippen LogP) is 1.97. The molecule has 3 rings (SSSR count). The van der Waals surface area contributed by atoms with Crippen molar-refractivity contribution in [1.82, 2.24) is 4.90 Å². The van der Waals surface area contributed by atoms with Gasteiger partial charge in [0.05, 0.1) is 14.2 Å². The maximum Gasteiger partial charge on any atom is 0.161 e. The van der Waals surface area contributed by atoms with Crippen molar-refractivity contribution < 1.29 is 9.47 Å². The van der Waals surface area contributed by atoms with Crippen LogP contribution in [0.1, 0.15) is 30.0 Å². The highest BCUT2D eigenvalue weighted by Gasteiger charge is 2.33. The van der Waals surface area contributed by atoms with Crippen molar-refractivity contribution in [2.45, 2.75) is 25.3 Å². The van der Waals surface area contributed by atoms with Gasteiger partial charge in [0.25, 0.3) is 0 Å². The topological polar surface area (TPSA) is 47.7 Å². The summed E-state index contributed by atoms with van der Waals surface area (Å²) in [5, 5.41) is 0. The zero-order chi connectivity index (χ0) is 14.1. The lowest BCUT2D eigenvalue weighted by Gasteiger charge is -2.43. The molecule has 110 valence electrons. The van der Waals surface area contributed by atoms with Crippen molar-refractivity contribution in [2.75, 3.05) is 33.9 Å². The number of fused-ring (bicyclic) bond motifs is 3. The normalized spacial score (nSPS) is 25.8. The lowest BCUT2D eigenvalue weighted by Crippen LogP contribution is -2.42. The van der Waals surface area contributed by atoms with Crippen LogP contribution in [0.2, 0.25) is 0 Å². The Bertz CT molecular complexity index is 490. The maximum atomic E-state index is 5.88. The number of hydrogen-bond donors (Lipinski definition) is 1. The van der Waals surface area contributed by atoms with Gasteiger partial charge in [0, 0.05) is 12.6 Å². The molecule has 2 aliphatic rings. The van der Waals surface area contributed by atoms with Crippen LogP contribution >= 0.6 is 0 Å². The van der Waals surface area contributed by atoms with Crippen LogP contribution in [0.25, 0.3) is 0 Å². The molecule has 2 N–H and O–H groups in total. The Morgan fingerprint density at radius 1 is 1.20 bits per heavy atom. The van der Waals surface area contributed by atoms with Crippen LogP contribution in [-0.2, 0) is 6.42 Å². The summed E-state index contributed by atoms with van der Waals surface area (Å²) in [6, 6.07) is 4.82. The van der Waals surface area contributed by atoms with Crippen LogP contribution in [0, 0.1) is 5.92 Å². The predicted molar refractivity (Wildman–Crippen MR) is 79.3 cm³/mol. The highest BCUT2D eigenvalue weighted by atomic mass is 16.5. The molecular weight excluding hydrogens is 252 g/mol. The largest absolute Gasteiger partial charge is 0.493 e. The molecule has 2 unspecified atom stereocenters. The molecule has 2 atom stereocenters. The fourth-order valence-electron chi connectivity index (χ4n) is 3.62. The number of benzene rings is 1. The molecular formula is C16H24N2O2. The van der Waals surface area contributed by atoms with Crippen molar-refractivity contribution in [3.63, 3.8) is 0 Å². The molecule has 20 heavy (non-hydrogen) atoms. The zero-order valence-corrected chi connectivity index (χ0v) is 12.4. The molecule has 0 aromatic heterocycles. The molecule has 2 heterocycles. The molecule has 1 aromatic carbocycles. The summed E-state index contributed by atoms with van der Waals surface area (Å²) in [7, 11) is 3.40. The van der Waals surface area contributed by atoms with Gasteiger partial charge in [0.1, 0.15) is 0 Å². The third-order valence-corrected chi connectivity index (χ3v) is 4.83. The first-order chi connectivity index (χ1) is 9.76. The average Bonchev–Trinajstić information content (AvgIpc) is 2.52. The number of nitrogens with zero attached hydrogens (tertiary/aromatic N) is 1. The lowest BCUT2D eigenvalue weighted by atomic mass is 9.82. The smallest absolute Gasteiger partial charge is 0.161 e. The number of rotatable bonds is 3. The van der Waals surface area contributed by atoms with E-state index in [0.29, 0.717) is 12.0 Å². The van der Waals surface area contributed by atoms with Gasteiger partial charge in [-0.2, -0.15) is 0 Å². The van der Waals surface area contributed by atoms with E-state index < -0.39 is 0 Å². The second kappa shape index (κ2) is 5.62. The van der Waals surface area contributed by atoms with E-state index in [4.69, 9.17) is 15.2 Å². The SMILES string of the molecule is COc1cc2c(cc1OC)C1CC(CN)CCN1CC2. The van der Waals surface area contributed by atoms with Gasteiger partial charge in [-0.05, 0) is 61.5 Å². The summed E-state index contributed by atoms with van der Waals surface area (Å²) in [5.41, 5.74) is 8.70. The minimum atomic E-state index is 0.501.